The van der Waals surface area contributed by atoms with E-state index in [0.29, 0.717) is 5.69 Å². The first-order valence-corrected chi connectivity index (χ1v) is 9.52. The van der Waals surface area contributed by atoms with Crippen LogP contribution in [0.15, 0.2) is 60.7 Å². The zero-order valence-corrected chi connectivity index (χ0v) is 15.7. The minimum Gasteiger partial charge on any atom is -0.351 e. The Morgan fingerprint density at radius 1 is 1.04 bits per heavy atom. The van der Waals surface area contributed by atoms with Crippen LogP contribution < -0.4 is 0 Å². The third kappa shape index (κ3) is 4.12. The molecule has 0 unspecified atom stereocenters. The van der Waals surface area contributed by atoms with E-state index in [2.05, 4.69) is 65.4 Å². The van der Waals surface area contributed by atoms with E-state index in [0.717, 1.165) is 43.6 Å². The van der Waals surface area contributed by atoms with Gasteiger partial charge in [0.15, 0.2) is 0 Å². The highest BCUT2D eigenvalue weighted by Crippen LogP contribution is 2.18. The number of amides is 1. The molecule has 1 aliphatic rings. The molecule has 3 aromatic rings. The van der Waals surface area contributed by atoms with Gasteiger partial charge in [0.2, 0.25) is 0 Å². The van der Waals surface area contributed by atoms with Crippen molar-refractivity contribution >= 4 is 22.9 Å². The van der Waals surface area contributed by atoms with Gasteiger partial charge in [0.25, 0.3) is 5.91 Å². The fraction of sp³-hybridized carbons (Fsp3) is 0.261. The largest absolute Gasteiger partial charge is 0.351 e. The van der Waals surface area contributed by atoms with Gasteiger partial charge in [-0.15, -0.1) is 0 Å². The predicted octanol–water partition coefficient (Wildman–Crippen LogP) is 3.95. The van der Waals surface area contributed by atoms with Crippen LogP contribution in [-0.2, 0) is 0 Å². The summed E-state index contributed by atoms with van der Waals surface area (Å²) >= 11 is 0. The molecule has 1 fully saturated rings. The molecule has 2 aromatic carbocycles. The minimum absolute atomic E-state index is 0.100. The molecule has 1 aliphatic heterocycles. The van der Waals surface area contributed by atoms with Gasteiger partial charge in [-0.05, 0) is 30.7 Å². The van der Waals surface area contributed by atoms with E-state index < -0.39 is 0 Å². The summed E-state index contributed by atoms with van der Waals surface area (Å²) in [5, 5.41) is 1.10. The topological polar surface area (TPSA) is 39.3 Å². The second-order valence-electron chi connectivity index (χ2n) is 7.18. The van der Waals surface area contributed by atoms with Crippen LogP contribution in [-0.4, -0.2) is 53.4 Å². The number of benzene rings is 2. The van der Waals surface area contributed by atoms with Crippen molar-refractivity contribution in [2.75, 3.05) is 32.7 Å². The molecule has 1 N–H and O–H groups in total. The van der Waals surface area contributed by atoms with E-state index in [9.17, 15) is 4.79 Å². The molecule has 0 saturated carbocycles. The number of nitrogens with zero attached hydrogens (tertiary/aromatic N) is 2. The molecule has 0 bridgehead atoms. The van der Waals surface area contributed by atoms with Gasteiger partial charge in [-0.1, -0.05) is 54.1 Å². The third-order valence-corrected chi connectivity index (χ3v) is 5.14. The first-order chi connectivity index (χ1) is 13.2. The Kier molecular flexibility index (Phi) is 5.07. The number of carbonyl (C=O) groups is 1. The Labute approximate surface area is 160 Å². The van der Waals surface area contributed by atoms with Crippen molar-refractivity contribution in [1.29, 1.82) is 0 Å². The van der Waals surface area contributed by atoms with Crippen molar-refractivity contribution in [2.24, 2.45) is 0 Å². The first-order valence-electron chi connectivity index (χ1n) is 9.52. The summed E-state index contributed by atoms with van der Waals surface area (Å²) in [6, 6.07) is 18.5. The minimum atomic E-state index is 0.100. The SMILES string of the molecule is Cc1ccc2[nH]c(C(=O)N3CCN(C/C=C/c4ccccc4)CC3)cc2c1. The van der Waals surface area contributed by atoms with E-state index in [1.54, 1.807) is 0 Å². The summed E-state index contributed by atoms with van der Waals surface area (Å²) in [5.74, 6) is 0.100. The smallest absolute Gasteiger partial charge is 0.270 e. The van der Waals surface area contributed by atoms with Gasteiger partial charge >= 0.3 is 0 Å². The summed E-state index contributed by atoms with van der Waals surface area (Å²) in [6.45, 7) is 6.34. The van der Waals surface area contributed by atoms with Crippen LogP contribution in [0.5, 0.6) is 0 Å². The molecule has 138 valence electrons. The monoisotopic (exact) mass is 359 g/mol. The van der Waals surface area contributed by atoms with E-state index in [1.807, 2.05) is 23.1 Å². The summed E-state index contributed by atoms with van der Waals surface area (Å²) in [7, 11) is 0. The highest BCUT2D eigenvalue weighted by molar-refractivity contribution is 5.98. The molecule has 0 radical (unpaired) electrons. The number of aromatic amines is 1. The lowest BCUT2D eigenvalue weighted by molar-refractivity contribution is 0.0645. The standard InChI is InChI=1S/C23H25N3O/c1-18-9-10-21-20(16-18)17-22(24-21)23(27)26-14-12-25(13-15-26)11-5-8-19-6-3-2-4-7-19/h2-10,16-17,24H,11-15H2,1H3/b8-5+. The molecule has 4 heteroatoms. The van der Waals surface area contributed by atoms with Gasteiger partial charge in [-0.3, -0.25) is 9.69 Å². The number of carbonyl (C=O) groups excluding carboxylic acids is 1. The van der Waals surface area contributed by atoms with Crippen molar-refractivity contribution in [3.8, 4) is 0 Å². The molecule has 4 rings (SSSR count). The molecule has 0 aliphatic carbocycles. The van der Waals surface area contributed by atoms with Crippen LogP contribution in [0.2, 0.25) is 0 Å². The number of aryl methyl sites for hydroxylation is 1. The van der Waals surface area contributed by atoms with Gasteiger partial charge in [0.05, 0.1) is 0 Å². The summed E-state index contributed by atoms with van der Waals surface area (Å²) in [4.78, 5) is 20.4. The Bertz CT molecular complexity index is 950. The van der Waals surface area contributed by atoms with Gasteiger partial charge in [0, 0.05) is 43.6 Å². The number of piperazine rings is 1. The van der Waals surface area contributed by atoms with Crippen LogP contribution in [0.4, 0.5) is 0 Å². The van der Waals surface area contributed by atoms with Crippen LogP contribution in [0, 0.1) is 6.92 Å². The lowest BCUT2D eigenvalue weighted by Crippen LogP contribution is -2.48. The van der Waals surface area contributed by atoms with Crippen molar-refractivity contribution < 1.29 is 4.79 Å². The third-order valence-electron chi connectivity index (χ3n) is 5.14. The molecule has 27 heavy (non-hydrogen) atoms. The zero-order valence-electron chi connectivity index (χ0n) is 15.7. The summed E-state index contributed by atoms with van der Waals surface area (Å²) < 4.78 is 0. The fourth-order valence-corrected chi connectivity index (χ4v) is 3.57. The first kappa shape index (κ1) is 17.6. The maximum atomic E-state index is 12.8. The van der Waals surface area contributed by atoms with Gasteiger partial charge in [-0.2, -0.15) is 0 Å². The van der Waals surface area contributed by atoms with E-state index in [4.69, 9.17) is 0 Å². The van der Waals surface area contributed by atoms with Gasteiger partial charge in [-0.25, -0.2) is 0 Å². The Morgan fingerprint density at radius 3 is 2.59 bits per heavy atom. The highest BCUT2D eigenvalue weighted by atomic mass is 16.2. The second-order valence-corrected chi connectivity index (χ2v) is 7.18. The van der Waals surface area contributed by atoms with Gasteiger partial charge in [0.1, 0.15) is 5.69 Å². The zero-order chi connectivity index (χ0) is 18.6. The molecule has 0 atom stereocenters. The average Bonchev–Trinajstić information content (AvgIpc) is 3.12. The molecule has 1 aromatic heterocycles. The number of aromatic nitrogens is 1. The molecule has 0 spiro atoms. The van der Waals surface area contributed by atoms with E-state index in [-0.39, 0.29) is 5.91 Å². The van der Waals surface area contributed by atoms with Crippen LogP contribution in [0.25, 0.3) is 17.0 Å². The highest BCUT2D eigenvalue weighted by Gasteiger charge is 2.22. The molecular formula is C23H25N3O. The van der Waals surface area contributed by atoms with Crippen LogP contribution in [0.3, 0.4) is 0 Å². The quantitative estimate of drug-likeness (QED) is 0.766. The summed E-state index contributed by atoms with van der Waals surface area (Å²) in [6.07, 6.45) is 4.36. The Morgan fingerprint density at radius 2 is 1.81 bits per heavy atom. The summed E-state index contributed by atoms with van der Waals surface area (Å²) in [5.41, 5.74) is 4.14. The second kappa shape index (κ2) is 7.80. The predicted molar refractivity (Wildman–Crippen MR) is 111 cm³/mol. The van der Waals surface area contributed by atoms with Crippen molar-refractivity contribution in [3.05, 3.63) is 77.5 Å². The lowest BCUT2D eigenvalue weighted by atomic mass is 10.2. The van der Waals surface area contributed by atoms with Crippen LogP contribution >= 0.6 is 0 Å². The average molecular weight is 359 g/mol. The van der Waals surface area contributed by atoms with E-state index in [1.165, 1.54) is 11.1 Å². The molecular weight excluding hydrogens is 334 g/mol. The van der Waals surface area contributed by atoms with Crippen molar-refractivity contribution in [3.63, 3.8) is 0 Å². The van der Waals surface area contributed by atoms with Crippen molar-refractivity contribution in [1.82, 2.24) is 14.8 Å². The molecule has 4 nitrogen and oxygen atoms in total. The molecule has 1 saturated heterocycles. The number of hydrogen-bond donors (Lipinski definition) is 1. The van der Waals surface area contributed by atoms with Gasteiger partial charge < -0.3 is 9.88 Å². The maximum absolute atomic E-state index is 12.8. The normalized spacial score (nSPS) is 15.7. The lowest BCUT2D eigenvalue weighted by Gasteiger charge is -2.33. The van der Waals surface area contributed by atoms with Crippen molar-refractivity contribution in [2.45, 2.75) is 6.92 Å². The number of H-pyrrole nitrogens is 1. The molecule has 1 amide bonds. The van der Waals surface area contributed by atoms with E-state index >= 15 is 0 Å². The Balaban J connectivity index is 1.33. The number of fused-ring (bicyclic) bond motifs is 1. The number of nitrogens with one attached hydrogen (secondary N) is 1. The Hall–Kier alpha value is -2.85. The number of hydrogen-bond acceptors (Lipinski definition) is 2. The number of rotatable bonds is 4. The molecule has 2 heterocycles. The maximum Gasteiger partial charge on any atom is 0.270 e. The fourth-order valence-electron chi connectivity index (χ4n) is 3.57. The van der Waals surface area contributed by atoms with Crippen LogP contribution in [0.1, 0.15) is 21.6 Å².